The van der Waals surface area contributed by atoms with E-state index in [0.29, 0.717) is 24.5 Å². The van der Waals surface area contributed by atoms with Crippen molar-refractivity contribution in [2.24, 2.45) is 0 Å². The lowest BCUT2D eigenvalue weighted by molar-refractivity contribution is -0.384. The molecule has 1 aliphatic heterocycles. The fourth-order valence-corrected chi connectivity index (χ4v) is 4.21. The number of hydrogen-bond donors (Lipinski definition) is 5. The predicted octanol–water partition coefficient (Wildman–Crippen LogP) is 3.97. The number of β-amino-alcohol motifs (C(OH)–C–C–N with tert-alkyl or cyclic N) is 1. The van der Waals surface area contributed by atoms with Gasteiger partial charge in [0.15, 0.2) is 0 Å². The number of nitrogens with zero attached hydrogens (tertiary/aromatic N) is 1. The highest BCUT2D eigenvalue weighted by molar-refractivity contribution is 5.98. The summed E-state index contributed by atoms with van der Waals surface area (Å²) in [5.74, 6) is -2.84. The molecule has 0 spiro atoms. The van der Waals surface area contributed by atoms with Crippen molar-refractivity contribution in [3.8, 4) is 5.75 Å². The topological polar surface area (TPSA) is 203 Å². The van der Waals surface area contributed by atoms with E-state index >= 15 is 0 Å². The number of aliphatic hydroxyl groups excluding tert-OH is 1. The van der Waals surface area contributed by atoms with Gasteiger partial charge in [0.05, 0.1) is 22.0 Å². The van der Waals surface area contributed by atoms with Crippen molar-refractivity contribution in [1.82, 2.24) is 10.6 Å². The van der Waals surface area contributed by atoms with Crippen LogP contribution in [0.3, 0.4) is 0 Å². The average Bonchev–Trinajstić information content (AvgIpc) is 2.90. The molecule has 0 radical (unpaired) electrons. The molecule has 12 nitrogen and oxygen atoms in total. The minimum absolute atomic E-state index is 0. The number of nitro benzene ring substituents is 1. The van der Waals surface area contributed by atoms with Gasteiger partial charge in [0, 0.05) is 35.6 Å². The molecule has 1 atom stereocenters. The van der Waals surface area contributed by atoms with Crippen molar-refractivity contribution in [3.63, 3.8) is 0 Å². The molecule has 238 valence electrons. The van der Waals surface area contributed by atoms with Gasteiger partial charge in [-0.05, 0) is 64.3 Å². The van der Waals surface area contributed by atoms with E-state index in [1.54, 1.807) is 0 Å². The molecule has 43 heavy (non-hydrogen) atoms. The lowest BCUT2D eigenvalue weighted by Gasteiger charge is -2.28. The van der Waals surface area contributed by atoms with Crippen LogP contribution < -0.4 is 15.4 Å². The Balaban J connectivity index is 0.000000806. The van der Waals surface area contributed by atoms with Crippen molar-refractivity contribution in [1.29, 1.82) is 0 Å². The van der Waals surface area contributed by atoms with Gasteiger partial charge in [-0.2, -0.15) is 0 Å². The van der Waals surface area contributed by atoms with Gasteiger partial charge in [0.2, 0.25) is 0 Å². The Morgan fingerprint density at radius 3 is 2.02 bits per heavy atom. The number of halogens is 1. The largest absolute Gasteiger partial charge is 0.491 e. The highest BCUT2D eigenvalue weighted by atomic mass is 35.5. The monoisotopic (exact) mass is 623 g/mol. The number of carboxylic acids is 2. The van der Waals surface area contributed by atoms with E-state index in [0.717, 1.165) is 12.2 Å². The number of rotatable bonds is 10. The minimum atomic E-state index is -1.28. The van der Waals surface area contributed by atoms with E-state index in [9.17, 15) is 35.0 Å². The number of non-ortho nitro benzene ring substituents is 1. The zero-order valence-corrected chi connectivity index (χ0v) is 25.9. The molecule has 0 bridgehead atoms. The van der Waals surface area contributed by atoms with Crippen LogP contribution in [0.25, 0.3) is 0 Å². The van der Waals surface area contributed by atoms with Crippen molar-refractivity contribution in [2.45, 2.75) is 65.5 Å². The molecule has 0 fully saturated rings. The third-order valence-electron chi connectivity index (χ3n) is 6.28. The van der Waals surface area contributed by atoms with Gasteiger partial charge < -0.3 is 36.2 Å². The van der Waals surface area contributed by atoms with E-state index in [2.05, 4.69) is 50.5 Å². The highest BCUT2D eigenvalue weighted by Gasteiger charge is 2.36. The van der Waals surface area contributed by atoms with Crippen molar-refractivity contribution >= 4 is 30.0 Å². The molecular formula is C30H42ClN3O9. The van der Waals surface area contributed by atoms with E-state index in [1.807, 2.05) is 12.1 Å². The summed E-state index contributed by atoms with van der Waals surface area (Å²) in [4.78, 5) is 33.5. The van der Waals surface area contributed by atoms with Crippen LogP contribution in [-0.2, 0) is 16.0 Å². The molecule has 3 rings (SSSR count). The first-order valence-corrected chi connectivity index (χ1v) is 13.2. The zero-order valence-electron chi connectivity index (χ0n) is 25.1. The molecule has 1 aliphatic rings. The minimum Gasteiger partial charge on any atom is -0.491 e. The Hall–Kier alpha value is -3.97. The number of nitro groups is 1. The first-order valence-electron chi connectivity index (χ1n) is 13.2. The van der Waals surface area contributed by atoms with Crippen LogP contribution in [0.4, 0.5) is 5.69 Å². The molecule has 13 heteroatoms. The summed E-state index contributed by atoms with van der Waals surface area (Å²) >= 11 is 0. The average molecular weight is 624 g/mol. The van der Waals surface area contributed by atoms with Crippen LogP contribution >= 0.6 is 12.4 Å². The Bertz CT molecular complexity index is 1280. The highest BCUT2D eigenvalue weighted by Crippen LogP contribution is 2.39. The second-order valence-electron chi connectivity index (χ2n) is 10.7. The maximum Gasteiger partial charge on any atom is 0.334 e. The maximum absolute atomic E-state index is 11.6. The number of hydrogen-bond acceptors (Lipinski definition) is 8. The molecule has 7 N–H and O–H groups in total. The predicted molar refractivity (Wildman–Crippen MR) is 166 cm³/mol. The Morgan fingerprint density at radius 1 is 1.05 bits per heavy atom. The van der Waals surface area contributed by atoms with Crippen molar-refractivity contribution in [2.75, 3.05) is 13.2 Å². The van der Waals surface area contributed by atoms with E-state index in [1.165, 1.54) is 43.7 Å². The summed E-state index contributed by atoms with van der Waals surface area (Å²) in [6.07, 6.45) is 0.536. The number of nitrogens with one attached hydrogen (secondary N) is 2. The quantitative estimate of drug-likeness (QED) is 0.190. The third kappa shape index (κ3) is 11.7. The SMILES string of the molecule is CC1=C(C(=O)O)C(c2cccc([N+](=O)[O-])c2)C(C(=O)O)=C(C)N1.CCc1ccc(OCC(O)CNC(C)(C)C)cc1.Cl.O. The number of aliphatic carboxylic acids is 2. The molecule has 1 unspecified atom stereocenters. The number of benzene rings is 2. The lowest BCUT2D eigenvalue weighted by Crippen LogP contribution is -2.42. The summed E-state index contributed by atoms with van der Waals surface area (Å²) in [5, 5.41) is 45.6. The zero-order chi connectivity index (χ0) is 30.9. The van der Waals surface area contributed by atoms with Crippen molar-refractivity contribution in [3.05, 3.63) is 92.3 Å². The fraction of sp³-hybridized carbons (Fsp3) is 0.400. The molecule has 2 aromatic carbocycles. The summed E-state index contributed by atoms with van der Waals surface area (Å²) < 4.78 is 5.54. The molecular weight excluding hydrogens is 582 g/mol. The number of allylic oxidation sites excluding steroid dienone is 2. The molecule has 0 saturated carbocycles. The first kappa shape index (κ1) is 39.0. The number of carbonyl (C=O) groups is 2. The summed E-state index contributed by atoms with van der Waals surface area (Å²) in [7, 11) is 0. The number of ether oxygens (including phenoxy) is 1. The van der Waals surface area contributed by atoms with Gasteiger partial charge in [-0.25, -0.2) is 9.59 Å². The van der Waals surface area contributed by atoms with Crippen LogP contribution in [0, 0.1) is 10.1 Å². The number of aliphatic hydroxyl groups is 1. The summed E-state index contributed by atoms with van der Waals surface area (Å²) in [6.45, 7) is 12.2. The fourth-order valence-electron chi connectivity index (χ4n) is 4.21. The van der Waals surface area contributed by atoms with Crippen LogP contribution in [-0.4, -0.2) is 62.5 Å². The van der Waals surface area contributed by atoms with Gasteiger partial charge in [-0.3, -0.25) is 10.1 Å². The van der Waals surface area contributed by atoms with Crippen LogP contribution in [0.15, 0.2) is 71.1 Å². The van der Waals surface area contributed by atoms with E-state index in [4.69, 9.17) is 4.74 Å². The van der Waals surface area contributed by atoms with Gasteiger partial charge in [0.1, 0.15) is 18.5 Å². The summed E-state index contributed by atoms with van der Waals surface area (Å²) in [5.41, 5.74) is 1.64. The molecule has 0 amide bonds. The third-order valence-corrected chi connectivity index (χ3v) is 6.28. The maximum atomic E-state index is 11.6. The second-order valence-corrected chi connectivity index (χ2v) is 10.7. The van der Waals surface area contributed by atoms with E-state index < -0.39 is 28.9 Å². The number of aryl methyl sites for hydroxylation is 1. The smallest absolute Gasteiger partial charge is 0.334 e. The summed E-state index contributed by atoms with van der Waals surface area (Å²) in [6, 6.07) is 13.3. The molecule has 0 aromatic heterocycles. The normalized spacial score (nSPS) is 13.8. The molecule has 0 aliphatic carbocycles. The Kier molecular flexibility index (Phi) is 15.6. The number of dihydropyridines is 1. The Morgan fingerprint density at radius 2 is 1.58 bits per heavy atom. The Labute approximate surface area is 257 Å². The molecule has 2 aromatic rings. The van der Waals surface area contributed by atoms with Crippen molar-refractivity contribution < 1.29 is 40.0 Å². The first-order chi connectivity index (χ1) is 19.1. The van der Waals surface area contributed by atoms with Crippen LogP contribution in [0.5, 0.6) is 5.75 Å². The van der Waals surface area contributed by atoms with Gasteiger partial charge >= 0.3 is 11.9 Å². The second kappa shape index (κ2) is 17.2. The lowest BCUT2D eigenvalue weighted by atomic mass is 9.80. The standard InChI is InChI=1S/C15H14N2O6.C15H25NO2.ClH.H2O/c1-7-11(14(18)19)13(12(15(20)21)8(2)16-7)9-4-3-5-10(6-9)17(22)23;1-5-12-6-8-14(9-7-12)18-11-13(17)10-16-15(2,3)4;;/h3-6,13,16H,1-2H3,(H,18,19)(H,20,21);6-9,13,16-17H,5,10-11H2,1-4H3;1H;1H2. The molecule has 1 heterocycles. The van der Waals surface area contributed by atoms with Crippen LogP contribution in [0.2, 0.25) is 0 Å². The van der Waals surface area contributed by atoms with Gasteiger partial charge in [0.25, 0.3) is 5.69 Å². The van der Waals surface area contributed by atoms with Gasteiger partial charge in [-0.15, -0.1) is 12.4 Å². The van der Waals surface area contributed by atoms with Crippen LogP contribution in [0.1, 0.15) is 58.6 Å². The van der Waals surface area contributed by atoms with Gasteiger partial charge in [-0.1, -0.05) is 31.2 Å². The number of carboxylic acid groups (broad SMARTS) is 2. The molecule has 0 saturated heterocycles. The van der Waals surface area contributed by atoms with E-state index in [-0.39, 0.29) is 45.8 Å².